The molecule has 0 aliphatic carbocycles. The zero-order valence-corrected chi connectivity index (χ0v) is 13.4. The van der Waals surface area contributed by atoms with Gasteiger partial charge in [0.05, 0.1) is 32.4 Å². The average molecular weight is 306 g/mol. The van der Waals surface area contributed by atoms with Crippen LogP contribution in [0.3, 0.4) is 0 Å². The normalized spacial score (nSPS) is 10.5. The molecule has 1 N–H and O–H groups in total. The Hall–Kier alpha value is -2.93. The third-order valence-corrected chi connectivity index (χ3v) is 3.99. The van der Waals surface area contributed by atoms with Crippen molar-refractivity contribution in [2.75, 3.05) is 14.2 Å². The summed E-state index contributed by atoms with van der Waals surface area (Å²) < 4.78 is 10.7. The van der Waals surface area contributed by atoms with E-state index in [-0.39, 0.29) is 0 Å². The van der Waals surface area contributed by atoms with Crippen LogP contribution in [0.2, 0.25) is 0 Å². The average Bonchev–Trinajstić information content (AvgIpc) is 2.92. The highest BCUT2D eigenvalue weighted by atomic mass is 16.5. The second-order valence-corrected chi connectivity index (χ2v) is 5.43. The zero-order valence-electron chi connectivity index (χ0n) is 13.4. The van der Waals surface area contributed by atoms with Gasteiger partial charge >= 0.3 is 0 Å². The first-order chi connectivity index (χ1) is 11.2. The van der Waals surface area contributed by atoms with Crippen LogP contribution in [0.4, 0.5) is 0 Å². The maximum atomic E-state index is 9.21. The van der Waals surface area contributed by atoms with E-state index in [9.17, 15) is 5.26 Å². The molecule has 3 aromatic rings. The largest absolute Gasteiger partial charge is 0.493 e. The molecule has 0 fully saturated rings. The molecule has 0 unspecified atom stereocenters. The monoisotopic (exact) mass is 306 g/mol. The van der Waals surface area contributed by atoms with Crippen LogP contribution in [0.1, 0.15) is 11.1 Å². The topological polar surface area (TPSA) is 58.0 Å². The lowest BCUT2D eigenvalue weighted by Gasteiger charge is -2.09. The van der Waals surface area contributed by atoms with Crippen molar-refractivity contribution in [1.82, 2.24) is 4.98 Å². The number of fused-ring (bicyclic) bond motifs is 1. The van der Waals surface area contributed by atoms with Crippen LogP contribution in [0.15, 0.2) is 36.4 Å². The van der Waals surface area contributed by atoms with Gasteiger partial charge in [0.25, 0.3) is 0 Å². The number of methoxy groups -OCH3 is 2. The van der Waals surface area contributed by atoms with Crippen LogP contribution in [0.25, 0.3) is 22.2 Å². The predicted octanol–water partition coefficient (Wildman–Crippen LogP) is 4.23. The number of aryl methyl sites for hydroxylation is 1. The lowest BCUT2D eigenvalue weighted by Crippen LogP contribution is -1.92. The van der Waals surface area contributed by atoms with Crippen molar-refractivity contribution in [2.24, 2.45) is 0 Å². The van der Waals surface area contributed by atoms with E-state index in [1.807, 2.05) is 18.2 Å². The maximum absolute atomic E-state index is 9.21. The summed E-state index contributed by atoms with van der Waals surface area (Å²) in [6.45, 7) is 2.05. The quantitative estimate of drug-likeness (QED) is 0.785. The molecule has 0 saturated heterocycles. The second kappa shape index (κ2) is 6.05. The Kier molecular flexibility index (Phi) is 3.94. The van der Waals surface area contributed by atoms with E-state index in [2.05, 4.69) is 36.2 Å². The Balaban J connectivity index is 2.23. The minimum absolute atomic E-state index is 0.354. The molecular weight excluding hydrogens is 288 g/mol. The molecule has 0 spiro atoms. The summed E-state index contributed by atoms with van der Waals surface area (Å²) in [5.74, 6) is 1.35. The Morgan fingerprint density at radius 1 is 1.04 bits per heavy atom. The minimum atomic E-state index is 0.354. The SMILES string of the molecule is COc1ccc(-c2[nH]c3ccc(C)cc3c2CC#N)cc1OC. The Morgan fingerprint density at radius 3 is 2.52 bits per heavy atom. The van der Waals surface area contributed by atoms with E-state index in [1.165, 1.54) is 5.56 Å². The number of nitrogens with one attached hydrogen (secondary N) is 1. The molecule has 3 rings (SSSR count). The number of rotatable bonds is 4. The molecule has 0 atom stereocenters. The van der Waals surface area contributed by atoms with Gasteiger partial charge in [-0.25, -0.2) is 0 Å². The van der Waals surface area contributed by atoms with E-state index >= 15 is 0 Å². The number of aromatic nitrogens is 1. The van der Waals surface area contributed by atoms with Crippen molar-refractivity contribution < 1.29 is 9.47 Å². The van der Waals surface area contributed by atoms with Crippen LogP contribution in [-0.2, 0) is 6.42 Å². The molecule has 4 nitrogen and oxygen atoms in total. The van der Waals surface area contributed by atoms with E-state index in [0.29, 0.717) is 17.9 Å². The molecule has 4 heteroatoms. The van der Waals surface area contributed by atoms with Gasteiger partial charge in [0, 0.05) is 16.5 Å². The van der Waals surface area contributed by atoms with E-state index in [1.54, 1.807) is 14.2 Å². The molecule has 0 amide bonds. The molecule has 116 valence electrons. The first-order valence-electron chi connectivity index (χ1n) is 7.38. The number of aromatic amines is 1. The van der Waals surface area contributed by atoms with Gasteiger partial charge < -0.3 is 14.5 Å². The Morgan fingerprint density at radius 2 is 1.83 bits per heavy atom. The maximum Gasteiger partial charge on any atom is 0.161 e. The van der Waals surface area contributed by atoms with Crippen LogP contribution in [-0.4, -0.2) is 19.2 Å². The van der Waals surface area contributed by atoms with Crippen molar-refractivity contribution in [1.29, 1.82) is 5.26 Å². The van der Waals surface area contributed by atoms with Crippen molar-refractivity contribution in [3.05, 3.63) is 47.5 Å². The van der Waals surface area contributed by atoms with E-state index < -0.39 is 0 Å². The lowest BCUT2D eigenvalue weighted by atomic mass is 10.0. The number of hydrogen-bond donors (Lipinski definition) is 1. The third-order valence-electron chi connectivity index (χ3n) is 3.99. The molecule has 23 heavy (non-hydrogen) atoms. The number of nitriles is 1. The first-order valence-corrected chi connectivity index (χ1v) is 7.38. The number of benzene rings is 2. The predicted molar refractivity (Wildman–Crippen MR) is 90.9 cm³/mol. The molecule has 0 saturated carbocycles. The van der Waals surface area contributed by atoms with Crippen molar-refractivity contribution in [3.8, 4) is 28.8 Å². The zero-order chi connectivity index (χ0) is 16.4. The molecule has 0 radical (unpaired) electrons. The summed E-state index contributed by atoms with van der Waals surface area (Å²) in [4.78, 5) is 3.43. The summed E-state index contributed by atoms with van der Waals surface area (Å²) in [5.41, 5.74) is 5.15. The standard InChI is InChI=1S/C19H18N2O2/c1-12-4-6-16-15(10-12)14(8-9-20)19(21-16)13-5-7-17(22-2)18(11-13)23-3/h4-7,10-11,21H,8H2,1-3H3. The van der Waals surface area contributed by atoms with Gasteiger partial charge in [-0.15, -0.1) is 0 Å². The highest BCUT2D eigenvalue weighted by Gasteiger charge is 2.15. The number of H-pyrrole nitrogens is 1. The summed E-state index contributed by atoms with van der Waals surface area (Å²) in [7, 11) is 3.23. The number of hydrogen-bond acceptors (Lipinski definition) is 3. The smallest absolute Gasteiger partial charge is 0.161 e. The van der Waals surface area contributed by atoms with Gasteiger partial charge in [0.15, 0.2) is 11.5 Å². The summed E-state index contributed by atoms with van der Waals surface area (Å²) in [6.07, 6.45) is 0.354. The molecule has 0 aliphatic rings. The number of ether oxygens (including phenoxy) is 2. The van der Waals surface area contributed by atoms with E-state index in [0.717, 1.165) is 27.7 Å². The first kappa shape index (κ1) is 15.0. The highest BCUT2D eigenvalue weighted by molar-refractivity contribution is 5.91. The summed E-state index contributed by atoms with van der Waals surface area (Å²) in [5, 5.41) is 10.3. The third kappa shape index (κ3) is 2.62. The van der Waals surface area contributed by atoms with E-state index in [4.69, 9.17) is 9.47 Å². The summed E-state index contributed by atoms with van der Waals surface area (Å²) in [6, 6.07) is 14.3. The van der Waals surface area contributed by atoms with Gasteiger partial charge in [-0.3, -0.25) is 0 Å². The molecule has 1 heterocycles. The molecule has 0 aliphatic heterocycles. The van der Waals surface area contributed by atoms with Gasteiger partial charge in [0.2, 0.25) is 0 Å². The lowest BCUT2D eigenvalue weighted by molar-refractivity contribution is 0.355. The molecular formula is C19H18N2O2. The molecule has 2 aromatic carbocycles. The Bertz CT molecular complexity index is 904. The second-order valence-electron chi connectivity index (χ2n) is 5.43. The van der Waals surface area contributed by atoms with Crippen LogP contribution < -0.4 is 9.47 Å². The van der Waals surface area contributed by atoms with Crippen molar-refractivity contribution in [3.63, 3.8) is 0 Å². The highest BCUT2D eigenvalue weighted by Crippen LogP contribution is 2.36. The fraction of sp³-hybridized carbons (Fsp3) is 0.211. The minimum Gasteiger partial charge on any atom is -0.493 e. The summed E-state index contributed by atoms with van der Waals surface area (Å²) >= 11 is 0. The van der Waals surface area contributed by atoms with Gasteiger partial charge in [-0.05, 0) is 42.8 Å². The van der Waals surface area contributed by atoms with Gasteiger partial charge in [0.1, 0.15) is 0 Å². The number of nitrogens with zero attached hydrogens (tertiary/aromatic N) is 1. The van der Waals surface area contributed by atoms with Crippen LogP contribution in [0.5, 0.6) is 11.5 Å². The van der Waals surface area contributed by atoms with Crippen molar-refractivity contribution >= 4 is 10.9 Å². The van der Waals surface area contributed by atoms with Crippen LogP contribution >= 0.6 is 0 Å². The molecule has 1 aromatic heterocycles. The molecule has 0 bridgehead atoms. The Labute approximate surface area is 135 Å². The van der Waals surface area contributed by atoms with Gasteiger partial charge in [-0.1, -0.05) is 11.6 Å². The van der Waals surface area contributed by atoms with Crippen LogP contribution in [0, 0.1) is 18.3 Å². The fourth-order valence-corrected chi connectivity index (χ4v) is 2.86. The van der Waals surface area contributed by atoms with Crippen molar-refractivity contribution in [2.45, 2.75) is 13.3 Å². The van der Waals surface area contributed by atoms with Gasteiger partial charge in [-0.2, -0.15) is 5.26 Å². The fourth-order valence-electron chi connectivity index (χ4n) is 2.86.